The molecule has 7 heteroatoms. The van der Waals surface area contributed by atoms with Crippen LogP contribution in [0.1, 0.15) is 12.0 Å². The van der Waals surface area contributed by atoms with Crippen molar-refractivity contribution < 1.29 is 28.2 Å². The third kappa shape index (κ3) is 4.57. The van der Waals surface area contributed by atoms with E-state index in [4.69, 9.17) is 9.47 Å². The molecule has 1 aliphatic rings. The lowest BCUT2D eigenvalue weighted by Gasteiger charge is -2.31. The number of amides is 1. The number of carbonyl (C=O) groups is 1. The lowest BCUT2D eigenvalue weighted by molar-refractivity contribution is -0.119. The molecule has 32 heavy (non-hydrogen) atoms. The molecule has 0 saturated heterocycles. The summed E-state index contributed by atoms with van der Waals surface area (Å²) in [6, 6.07) is 15.8. The van der Waals surface area contributed by atoms with E-state index in [9.17, 15) is 18.7 Å². The first-order valence-electron chi connectivity index (χ1n) is 10.3. The molecule has 1 N–H and O–H groups in total. The van der Waals surface area contributed by atoms with E-state index in [1.54, 1.807) is 30.3 Å². The van der Waals surface area contributed by atoms with E-state index in [2.05, 4.69) is 0 Å². The molecule has 0 saturated carbocycles. The number of para-hydroxylation sites is 2. The van der Waals surface area contributed by atoms with Crippen molar-refractivity contribution in [2.75, 3.05) is 25.2 Å². The Hall–Kier alpha value is -3.45. The Morgan fingerprint density at radius 1 is 1.03 bits per heavy atom. The molecule has 1 atom stereocenters. The van der Waals surface area contributed by atoms with Crippen molar-refractivity contribution in [1.82, 2.24) is 0 Å². The van der Waals surface area contributed by atoms with Crippen LogP contribution in [-0.2, 0) is 11.2 Å². The van der Waals surface area contributed by atoms with E-state index in [1.165, 1.54) is 24.1 Å². The number of aryl methyl sites for hydroxylation is 1. The van der Waals surface area contributed by atoms with Crippen molar-refractivity contribution in [1.29, 1.82) is 0 Å². The van der Waals surface area contributed by atoms with E-state index in [0.29, 0.717) is 34.7 Å². The minimum atomic E-state index is -0.927. The molecule has 1 unspecified atom stereocenters. The minimum Gasteiger partial charge on any atom is -0.493 e. The number of nitrogens with zero attached hydrogens (tertiary/aromatic N) is 1. The molecular formula is C25H23F2NO4. The summed E-state index contributed by atoms with van der Waals surface area (Å²) in [6.45, 7) is 0.0452. The Labute approximate surface area is 184 Å². The van der Waals surface area contributed by atoms with Crippen LogP contribution in [0.25, 0.3) is 11.1 Å². The Morgan fingerprint density at radius 2 is 1.81 bits per heavy atom. The van der Waals surface area contributed by atoms with Crippen molar-refractivity contribution in [3.63, 3.8) is 0 Å². The summed E-state index contributed by atoms with van der Waals surface area (Å²) in [7, 11) is 1.54. The number of benzene rings is 3. The molecule has 0 spiro atoms. The number of carbonyl (C=O) groups excluding carboxylic acids is 1. The van der Waals surface area contributed by atoms with Gasteiger partial charge in [0.2, 0.25) is 5.91 Å². The molecule has 3 aromatic rings. The first kappa shape index (κ1) is 21.8. The third-order valence-corrected chi connectivity index (χ3v) is 5.42. The van der Waals surface area contributed by atoms with Gasteiger partial charge in [-0.15, -0.1) is 0 Å². The lowest BCUT2D eigenvalue weighted by Crippen LogP contribution is -2.42. The van der Waals surface area contributed by atoms with Crippen molar-refractivity contribution in [2.24, 2.45) is 0 Å². The summed E-state index contributed by atoms with van der Waals surface area (Å²) in [5.41, 5.74) is 2.44. The first-order chi connectivity index (χ1) is 15.5. The molecule has 5 nitrogen and oxygen atoms in total. The van der Waals surface area contributed by atoms with Gasteiger partial charge in [0, 0.05) is 23.7 Å². The highest BCUT2D eigenvalue weighted by atomic mass is 19.1. The van der Waals surface area contributed by atoms with E-state index in [1.807, 2.05) is 12.1 Å². The normalized spacial score (nSPS) is 14.1. The zero-order chi connectivity index (χ0) is 22.7. The molecule has 0 aromatic heterocycles. The number of aliphatic hydroxyl groups excluding tert-OH is 1. The maximum absolute atomic E-state index is 14.2. The van der Waals surface area contributed by atoms with Gasteiger partial charge < -0.3 is 19.5 Å². The quantitative estimate of drug-likeness (QED) is 0.594. The number of aliphatic hydroxyl groups is 1. The van der Waals surface area contributed by atoms with Gasteiger partial charge in [0.15, 0.2) is 11.5 Å². The highest BCUT2D eigenvalue weighted by Gasteiger charge is 2.27. The van der Waals surface area contributed by atoms with Crippen LogP contribution >= 0.6 is 0 Å². The second-order valence-electron chi connectivity index (χ2n) is 7.59. The van der Waals surface area contributed by atoms with Gasteiger partial charge in [-0.2, -0.15) is 0 Å². The van der Waals surface area contributed by atoms with Crippen molar-refractivity contribution >= 4 is 11.6 Å². The Balaban J connectivity index is 1.50. The maximum Gasteiger partial charge on any atom is 0.227 e. The number of methoxy groups -OCH3 is 1. The smallest absolute Gasteiger partial charge is 0.227 e. The zero-order valence-electron chi connectivity index (χ0n) is 17.6. The van der Waals surface area contributed by atoms with Gasteiger partial charge >= 0.3 is 0 Å². The Kier molecular flexibility index (Phi) is 6.37. The van der Waals surface area contributed by atoms with E-state index in [0.717, 1.165) is 11.6 Å². The molecule has 0 bridgehead atoms. The lowest BCUT2D eigenvalue weighted by atomic mass is 9.95. The fourth-order valence-electron chi connectivity index (χ4n) is 3.84. The minimum absolute atomic E-state index is 0.0155. The monoisotopic (exact) mass is 439 g/mol. The standard InChI is InChI=1S/C25H23F2NO4/c1-31-23-4-2-3-5-24(23)32-15-19(29)14-28-22-10-6-16(12-17(22)7-11-25(28)30)20-9-8-18(26)13-21(20)27/h2-6,8-10,12-13,19,29H,7,11,14-15H2,1H3. The number of rotatable bonds is 7. The largest absolute Gasteiger partial charge is 0.493 e. The second-order valence-corrected chi connectivity index (χ2v) is 7.59. The van der Waals surface area contributed by atoms with Crippen molar-refractivity contribution in [3.05, 3.63) is 77.9 Å². The van der Waals surface area contributed by atoms with Gasteiger partial charge in [0.05, 0.1) is 13.7 Å². The average molecular weight is 439 g/mol. The van der Waals surface area contributed by atoms with Crippen LogP contribution in [0.3, 0.4) is 0 Å². The molecule has 3 aromatic carbocycles. The van der Waals surface area contributed by atoms with Crippen LogP contribution < -0.4 is 14.4 Å². The first-order valence-corrected chi connectivity index (χ1v) is 10.3. The molecule has 0 fully saturated rings. The molecular weight excluding hydrogens is 416 g/mol. The van der Waals surface area contributed by atoms with Crippen LogP contribution in [0.15, 0.2) is 60.7 Å². The molecule has 1 heterocycles. The number of hydrogen-bond acceptors (Lipinski definition) is 4. The van der Waals surface area contributed by atoms with Gasteiger partial charge in [-0.1, -0.05) is 18.2 Å². The summed E-state index contributed by atoms with van der Waals surface area (Å²) >= 11 is 0. The summed E-state index contributed by atoms with van der Waals surface area (Å²) in [5, 5.41) is 10.5. The number of halogens is 2. The van der Waals surface area contributed by atoms with Crippen LogP contribution in [0.5, 0.6) is 11.5 Å². The summed E-state index contributed by atoms with van der Waals surface area (Å²) in [4.78, 5) is 14.1. The van der Waals surface area contributed by atoms with Gasteiger partial charge in [-0.05, 0) is 53.9 Å². The number of ether oxygens (including phenoxy) is 2. The third-order valence-electron chi connectivity index (χ3n) is 5.42. The summed E-state index contributed by atoms with van der Waals surface area (Å²) in [6.07, 6.45) is -0.138. The topological polar surface area (TPSA) is 59.0 Å². The van der Waals surface area contributed by atoms with Crippen LogP contribution in [0.4, 0.5) is 14.5 Å². The number of anilines is 1. The predicted molar refractivity (Wildman–Crippen MR) is 117 cm³/mol. The molecule has 1 aliphatic heterocycles. The number of hydrogen-bond donors (Lipinski definition) is 1. The molecule has 4 rings (SSSR count). The molecule has 0 aliphatic carbocycles. The van der Waals surface area contributed by atoms with E-state index >= 15 is 0 Å². The van der Waals surface area contributed by atoms with Crippen molar-refractivity contribution in [3.8, 4) is 22.6 Å². The van der Waals surface area contributed by atoms with Crippen LogP contribution in [-0.4, -0.2) is 37.4 Å². The number of fused-ring (bicyclic) bond motifs is 1. The molecule has 166 valence electrons. The SMILES string of the molecule is COc1ccccc1OCC(O)CN1C(=O)CCc2cc(-c3ccc(F)cc3F)ccc21. The van der Waals surface area contributed by atoms with Crippen molar-refractivity contribution in [2.45, 2.75) is 18.9 Å². The summed E-state index contributed by atoms with van der Waals surface area (Å²) < 4.78 is 38.3. The van der Waals surface area contributed by atoms with E-state index < -0.39 is 17.7 Å². The van der Waals surface area contributed by atoms with Gasteiger partial charge in [0.1, 0.15) is 24.3 Å². The average Bonchev–Trinajstić information content (AvgIpc) is 2.79. The highest BCUT2D eigenvalue weighted by molar-refractivity contribution is 5.97. The fourth-order valence-corrected chi connectivity index (χ4v) is 3.84. The Morgan fingerprint density at radius 3 is 2.56 bits per heavy atom. The van der Waals surface area contributed by atoms with Gasteiger partial charge in [-0.25, -0.2) is 8.78 Å². The van der Waals surface area contributed by atoms with E-state index in [-0.39, 0.29) is 25.5 Å². The van der Waals surface area contributed by atoms with Crippen LogP contribution in [0, 0.1) is 11.6 Å². The fraction of sp³-hybridized carbons (Fsp3) is 0.240. The Bertz CT molecular complexity index is 1130. The maximum atomic E-state index is 14.2. The summed E-state index contributed by atoms with van der Waals surface area (Å²) in [5.74, 6) is -0.317. The highest BCUT2D eigenvalue weighted by Crippen LogP contribution is 2.33. The molecule has 0 radical (unpaired) electrons. The molecule has 1 amide bonds. The zero-order valence-corrected chi connectivity index (χ0v) is 17.6. The van der Waals surface area contributed by atoms with Gasteiger partial charge in [0.25, 0.3) is 0 Å². The van der Waals surface area contributed by atoms with Crippen LogP contribution in [0.2, 0.25) is 0 Å². The predicted octanol–water partition coefficient (Wildman–Crippen LogP) is 4.36. The van der Waals surface area contributed by atoms with Gasteiger partial charge in [-0.3, -0.25) is 4.79 Å². The number of β-amino-alcohol motifs (C(OH)–C–C–N with tert-alkyl or cyclic N) is 1. The second kappa shape index (κ2) is 9.36.